The first kappa shape index (κ1) is 29.1. The number of aromatic nitrogens is 4. The first-order chi connectivity index (χ1) is 25.7. The molecule has 4 nitrogen and oxygen atoms in total. The second-order valence-corrected chi connectivity index (χ2v) is 14.3. The van der Waals surface area contributed by atoms with E-state index in [2.05, 4.69) is 156 Å². The Kier molecular flexibility index (Phi) is 6.39. The van der Waals surface area contributed by atoms with Crippen LogP contribution < -0.4 is 0 Å². The van der Waals surface area contributed by atoms with Crippen LogP contribution in [0.2, 0.25) is 0 Å². The summed E-state index contributed by atoms with van der Waals surface area (Å²) in [7, 11) is 0. The van der Waals surface area contributed by atoms with Crippen molar-refractivity contribution < 1.29 is 0 Å². The van der Waals surface area contributed by atoms with E-state index in [0.717, 1.165) is 22.4 Å². The molecule has 11 rings (SSSR count). The van der Waals surface area contributed by atoms with Gasteiger partial charge in [-0.25, -0.2) is 15.0 Å². The van der Waals surface area contributed by atoms with E-state index >= 15 is 0 Å². The molecule has 8 aromatic carbocycles. The van der Waals surface area contributed by atoms with E-state index in [1.807, 2.05) is 18.2 Å². The van der Waals surface area contributed by atoms with Crippen molar-refractivity contribution in [2.45, 2.75) is 0 Å². The van der Waals surface area contributed by atoms with Crippen molar-refractivity contribution in [1.29, 1.82) is 0 Å². The van der Waals surface area contributed by atoms with E-state index in [0.29, 0.717) is 17.5 Å². The van der Waals surface area contributed by atoms with Crippen LogP contribution in [0.15, 0.2) is 170 Å². The molecule has 5 heteroatoms. The van der Waals surface area contributed by atoms with Gasteiger partial charge in [-0.3, -0.25) is 0 Å². The summed E-state index contributed by atoms with van der Waals surface area (Å²) in [4.78, 5) is 15.2. The Labute approximate surface area is 302 Å². The number of hydrogen-bond donors (Lipinski definition) is 0. The average Bonchev–Trinajstić information content (AvgIpc) is 3.75. The smallest absolute Gasteiger partial charge is 0.164 e. The third kappa shape index (κ3) is 4.57. The summed E-state index contributed by atoms with van der Waals surface area (Å²) in [6.45, 7) is 0. The highest BCUT2D eigenvalue weighted by atomic mass is 32.1. The summed E-state index contributed by atoms with van der Waals surface area (Å²) in [6, 6.07) is 60.4. The Bertz CT molecular complexity index is 3180. The molecule has 52 heavy (non-hydrogen) atoms. The number of benzene rings is 8. The Morgan fingerprint density at radius 3 is 1.73 bits per heavy atom. The molecule has 0 fully saturated rings. The fraction of sp³-hybridized carbons (Fsp3) is 0. The highest BCUT2D eigenvalue weighted by molar-refractivity contribution is 7.25. The molecule has 0 atom stereocenters. The van der Waals surface area contributed by atoms with E-state index in [9.17, 15) is 0 Å². The third-order valence-corrected chi connectivity index (χ3v) is 11.3. The fourth-order valence-corrected chi connectivity index (χ4v) is 8.85. The van der Waals surface area contributed by atoms with Crippen LogP contribution in [0.5, 0.6) is 0 Å². The number of rotatable bonds is 4. The van der Waals surface area contributed by atoms with Gasteiger partial charge in [0.15, 0.2) is 17.5 Å². The van der Waals surface area contributed by atoms with Gasteiger partial charge in [-0.05, 0) is 64.7 Å². The number of fused-ring (bicyclic) bond motifs is 9. The minimum absolute atomic E-state index is 0.644. The highest BCUT2D eigenvalue weighted by Gasteiger charge is 2.18. The van der Waals surface area contributed by atoms with Crippen LogP contribution >= 0.6 is 11.3 Å². The fourth-order valence-electron chi connectivity index (χ4n) is 7.71. The van der Waals surface area contributed by atoms with Crippen molar-refractivity contribution >= 4 is 74.9 Å². The molecule has 3 heterocycles. The van der Waals surface area contributed by atoms with Crippen LogP contribution in [-0.2, 0) is 0 Å². The lowest BCUT2D eigenvalue weighted by atomic mass is 10.0. The predicted octanol–water partition coefficient (Wildman–Crippen LogP) is 12.6. The average molecular weight is 681 g/mol. The van der Waals surface area contributed by atoms with E-state index in [4.69, 9.17) is 15.0 Å². The Morgan fingerprint density at radius 2 is 0.942 bits per heavy atom. The monoisotopic (exact) mass is 680 g/mol. The lowest BCUT2D eigenvalue weighted by molar-refractivity contribution is 1.07. The Morgan fingerprint density at radius 1 is 0.365 bits per heavy atom. The van der Waals surface area contributed by atoms with Gasteiger partial charge in [0.05, 0.1) is 11.0 Å². The summed E-state index contributed by atoms with van der Waals surface area (Å²) >= 11 is 1.80. The third-order valence-electron chi connectivity index (χ3n) is 10.2. The van der Waals surface area contributed by atoms with Gasteiger partial charge >= 0.3 is 0 Å². The van der Waals surface area contributed by atoms with Gasteiger partial charge in [0, 0.05) is 58.7 Å². The van der Waals surface area contributed by atoms with Crippen LogP contribution in [0.1, 0.15) is 0 Å². The van der Waals surface area contributed by atoms with Gasteiger partial charge in [-0.1, -0.05) is 121 Å². The van der Waals surface area contributed by atoms with Crippen molar-refractivity contribution in [3.63, 3.8) is 0 Å². The second-order valence-electron chi connectivity index (χ2n) is 13.3. The zero-order valence-corrected chi connectivity index (χ0v) is 28.7. The largest absolute Gasteiger partial charge is 0.309 e. The second kappa shape index (κ2) is 11.4. The zero-order valence-electron chi connectivity index (χ0n) is 27.9. The minimum Gasteiger partial charge on any atom is -0.309 e. The predicted molar refractivity (Wildman–Crippen MR) is 218 cm³/mol. The molecule has 0 bridgehead atoms. The molecule has 0 saturated heterocycles. The van der Waals surface area contributed by atoms with Crippen molar-refractivity contribution in [1.82, 2.24) is 19.5 Å². The number of hydrogen-bond acceptors (Lipinski definition) is 4. The van der Waals surface area contributed by atoms with Gasteiger partial charge in [0.25, 0.3) is 0 Å². The van der Waals surface area contributed by atoms with Crippen molar-refractivity contribution in [2.24, 2.45) is 0 Å². The normalized spacial score (nSPS) is 11.8. The maximum Gasteiger partial charge on any atom is 0.164 e. The molecular formula is C47H28N4S. The standard InChI is InChI=1S/C47H28N4S/c1-2-11-30(12-3-1)45-48-46(50-47(49-45)34-21-24-38-37-16-8-9-17-42(37)52-43(38)28-34)31-18-22-35(23-19-31)51-41-27-33-14-5-4-13-32(33)26-40(41)39-25-20-29-10-6-7-15-36(29)44(39)51/h1-28H. The Balaban J connectivity index is 1.09. The zero-order chi connectivity index (χ0) is 34.2. The summed E-state index contributed by atoms with van der Waals surface area (Å²) in [5.41, 5.74) is 6.34. The summed E-state index contributed by atoms with van der Waals surface area (Å²) in [5.74, 6) is 1.96. The van der Waals surface area contributed by atoms with Gasteiger partial charge in [0.2, 0.25) is 0 Å². The minimum atomic E-state index is 0.644. The Hall–Kier alpha value is -6.69. The van der Waals surface area contributed by atoms with Gasteiger partial charge in [-0.15, -0.1) is 11.3 Å². The van der Waals surface area contributed by atoms with Crippen LogP contribution in [0.4, 0.5) is 0 Å². The molecule has 0 spiro atoms. The molecule has 242 valence electrons. The molecule has 0 radical (unpaired) electrons. The molecule has 3 aromatic heterocycles. The lowest BCUT2D eigenvalue weighted by Gasteiger charge is -2.12. The van der Waals surface area contributed by atoms with E-state index < -0.39 is 0 Å². The van der Waals surface area contributed by atoms with Crippen LogP contribution in [0.25, 0.3) is 103 Å². The summed E-state index contributed by atoms with van der Waals surface area (Å²) in [5, 5.41) is 9.93. The van der Waals surface area contributed by atoms with Crippen LogP contribution in [0, 0.1) is 0 Å². The number of thiophene rings is 1. The van der Waals surface area contributed by atoms with Gasteiger partial charge < -0.3 is 4.57 Å². The maximum atomic E-state index is 5.10. The maximum absolute atomic E-state index is 5.10. The van der Waals surface area contributed by atoms with E-state index in [1.54, 1.807) is 11.3 Å². The van der Waals surface area contributed by atoms with Crippen molar-refractivity contribution in [3.8, 4) is 39.9 Å². The number of nitrogens with zero attached hydrogens (tertiary/aromatic N) is 4. The molecule has 0 saturated carbocycles. The quantitative estimate of drug-likeness (QED) is 0.186. The SMILES string of the molecule is c1ccc(-c2nc(-c3ccc(-n4c5cc6ccccc6cc5c5ccc6ccccc6c54)cc3)nc(-c3ccc4c(c3)sc3ccccc34)n2)cc1. The van der Waals surface area contributed by atoms with E-state index in [1.165, 1.54) is 63.5 Å². The first-order valence-electron chi connectivity index (χ1n) is 17.4. The van der Waals surface area contributed by atoms with Crippen LogP contribution in [-0.4, -0.2) is 19.5 Å². The molecule has 0 N–H and O–H groups in total. The first-order valence-corrected chi connectivity index (χ1v) is 18.3. The van der Waals surface area contributed by atoms with Crippen molar-refractivity contribution in [3.05, 3.63) is 170 Å². The molecule has 11 aromatic rings. The van der Waals surface area contributed by atoms with Gasteiger partial charge in [0.1, 0.15) is 0 Å². The molecular weight excluding hydrogens is 653 g/mol. The summed E-state index contributed by atoms with van der Waals surface area (Å²) in [6.07, 6.45) is 0. The topological polar surface area (TPSA) is 43.6 Å². The van der Waals surface area contributed by atoms with Crippen molar-refractivity contribution in [2.75, 3.05) is 0 Å². The van der Waals surface area contributed by atoms with Gasteiger partial charge in [-0.2, -0.15) is 0 Å². The highest BCUT2D eigenvalue weighted by Crippen LogP contribution is 2.39. The molecule has 0 unspecified atom stereocenters. The van der Waals surface area contributed by atoms with Crippen LogP contribution in [0.3, 0.4) is 0 Å². The van der Waals surface area contributed by atoms with E-state index in [-0.39, 0.29) is 0 Å². The molecule has 0 aliphatic carbocycles. The molecule has 0 aliphatic heterocycles. The molecule has 0 aliphatic rings. The summed E-state index contributed by atoms with van der Waals surface area (Å²) < 4.78 is 4.91. The lowest BCUT2D eigenvalue weighted by Crippen LogP contribution is -2.00. The molecule has 0 amide bonds.